The van der Waals surface area contributed by atoms with E-state index in [9.17, 15) is 22.8 Å². The topological polar surface area (TPSA) is 119 Å². The second-order valence-electron chi connectivity index (χ2n) is 7.35. The summed E-state index contributed by atoms with van der Waals surface area (Å²) in [4.78, 5) is 36.9. The zero-order valence-electron chi connectivity index (χ0n) is 18.8. The van der Waals surface area contributed by atoms with Gasteiger partial charge in [0.05, 0.1) is 37.3 Å². The number of aryl methyl sites for hydroxylation is 2. The number of methoxy groups -OCH3 is 2. The minimum Gasteiger partial charge on any atom is -0.465 e. The van der Waals surface area contributed by atoms with Gasteiger partial charge in [0.25, 0.3) is 0 Å². The van der Waals surface area contributed by atoms with E-state index in [2.05, 4.69) is 14.8 Å². The maximum Gasteiger partial charge on any atom is 0.337 e. The highest BCUT2D eigenvalue weighted by atomic mass is 32.2. The molecule has 9 nitrogen and oxygen atoms in total. The van der Waals surface area contributed by atoms with E-state index in [-0.39, 0.29) is 16.8 Å². The number of anilines is 2. The van der Waals surface area contributed by atoms with Crippen LogP contribution in [-0.4, -0.2) is 52.8 Å². The molecule has 32 heavy (non-hydrogen) atoms. The lowest BCUT2D eigenvalue weighted by Crippen LogP contribution is -2.45. The molecule has 1 atom stereocenters. The smallest absolute Gasteiger partial charge is 0.337 e. The van der Waals surface area contributed by atoms with E-state index in [4.69, 9.17) is 0 Å². The number of nitrogens with zero attached hydrogens (tertiary/aromatic N) is 1. The molecule has 0 radical (unpaired) electrons. The van der Waals surface area contributed by atoms with Crippen molar-refractivity contribution in [2.75, 3.05) is 30.1 Å². The molecule has 1 N–H and O–H groups in total. The monoisotopic (exact) mass is 462 g/mol. The molecule has 0 aliphatic heterocycles. The van der Waals surface area contributed by atoms with Crippen LogP contribution in [0.5, 0.6) is 0 Å². The summed E-state index contributed by atoms with van der Waals surface area (Å²) in [5, 5.41) is 2.57. The molecular weight excluding hydrogens is 436 g/mol. The van der Waals surface area contributed by atoms with Gasteiger partial charge < -0.3 is 14.8 Å². The Morgan fingerprint density at radius 1 is 0.875 bits per heavy atom. The number of hydrogen-bond donors (Lipinski definition) is 1. The number of amides is 1. The minimum atomic E-state index is -3.81. The highest BCUT2D eigenvalue weighted by Crippen LogP contribution is 2.25. The van der Waals surface area contributed by atoms with E-state index in [1.54, 1.807) is 12.1 Å². The molecule has 172 valence electrons. The van der Waals surface area contributed by atoms with E-state index in [0.717, 1.165) is 21.7 Å². The molecule has 0 fully saturated rings. The Morgan fingerprint density at radius 2 is 1.34 bits per heavy atom. The molecule has 0 aliphatic rings. The molecule has 0 aliphatic carbocycles. The Hall–Kier alpha value is -3.40. The number of carbonyl (C=O) groups is 3. The summed E-state index contributed by atoms with van der Waals surface area (Å²) in [6.07, 6.45) is 1.02. The number of ether oxygens (including phenoxy) is 2. The van der Waals surface area contributed by atoms with Crippen molar-refractivity contribution in [3.63, 3.8) is 0 Å². The van der Waals surface area contributed by atoms with Crippen LogP contribution in [0.2, 0.25) is 0 Å². The molecule has 2 aromatic rings. The summed E-state index contributed by atoms with van der Waals surface area (Å²) in [7, 11) is -1.45. The molecule has 0 heterocycles. The first kappa shape index (κ1) is 24.9. The first-order valence-electron chi connectivity index (χ1n) is 9.57. The van der Waals surface area contributed by atoms with Gasteiger partial charge in [0.15, 0.2) is 0 Å². The van der Waals surface area contributed by atoms with Crippen LogP contribution in [0.15, 0.2) is 36.4 Å². The Bertz CT molecular complexity index is 1100. The van der Waals surface area contributed by atoms with Crippen LogP contribution < -0.4 is 9.62 Å². The van der Waals surface area contributed by atoms with Gasteiger partial charge in [0.2, 0.25) is 15.9 Å². The van der Waals surface area contributed by atoms with E-state index in [1.165, 1.54) is 39.3 Å². The van der Waals surface area contributed by atoms with Crippen LogP contribution in [0.3, 0.4) is 0 Å². The summed E-state index contributed by atoms with van der Waals surface area (Å²) in [6, 6.07) is 8.02. The molecule has 1 amide bonds. The number of nitrogens with one attached hydrogen (secondary N) is 1. The van der Waals surface area contributed by atoms with Gasteiger partial charge in [-0.3, -0.25) is 9.10 Å². The third-order valence-electron chi connectivity index (χ3n) is 4.59. The second kappa shape index (κ2) is 9.82. The third-order valence-corrected chi connectivity index (χ3v) is 5.83. The molecule has 2 rings (SSSR count). The summed E-state index contributed by atoms with van der Waals surface area (Å²) in [5.74, 6) is -2.09. The fourth-order valence-corrected chi connectivity index (χ4v) is 4.46. The van der Waals surface area contributed by atoms with Crippen molar-refractivity contribution in [1.29, 1.82) is 0 Å². The van der Waals surface area contributed by atoms with E-state index in [0.29, 0.717) is 5.69 Å². The molecule has 0 spiro atoms. The van der Waals surface area contributed by atoms with Crippen molar-refractivity contribution >= 4 is 39.2 Å². The molecule has 0 unspecified atom stereocenters. The molecule has 0 saturated heterocycles. The quantitative estimate of drug-likeness (QED) is 0.628. The Kier molecular flexibility index (Phi) is 7.63. The molecule has 2 aromatic carbocycles. The number of carbonyl (C=O) groups excluding carboxylic acids is 3. The predicted octanol–water partition coefficient (Wildman–Crippen LogP) is 2.67. The summed E-state index contributed by atoms with van der Waals surface area (Å²) in [6.45, 7) is 5.10. The average Bonchev–Trinajstić information content (AvgIpc) is 2.70. The summed E-state index contributed by atoms with van der Waals surface area (Å²) >= 11 is 0. The van der Waals surface area contributed by atoms with Crippen molar-refractivity contribution < 1.29 is 32.3 Å². The van der Waals surface area contributed by atoms with Crippen molar-refractivity contribution in [2.45, 2.75) is 26.8 Å². The normalized spacial score (nSPS) is 11.9. The van der Waals surface area contributed by atoms with Gasteiger partial charge in [0, 0.05) is 5.69 Å². The van der Waals surface area contributed by atoms with Gasteiger partial charge in [-0.05, 0) is 62.2 Å². The number of esters is 2. The van der Waals surface area contributed by atoms with Gasteiger partial charge in [-0.15, -0.1) is 0 Å². The van der Waals surface area contributed by atoms with Crippen molar-refractivity contribution in [3.8, 4) is 0 Å². The number of sulfonamides is 1. The second-order valence-corrected chi connectivity index (χ2v) is 9.21. The van der Waals surface area contributed by atoms with Crippen LogP contribution >= 0.6 is 0 Å². The molecule has 10 heteroatoms. The highest BCUT2D eigenvalue weighted by Gasteiger charge is 2.30. The fourth-order valence-electron chi connectivity index (χ4n) is 3.30. The average molecular weight is 463 g/mol. The standard InChI is InChI=1S/C22H26N2O7S/c1-13-7-14(2)9-19(8-13)24(32(6,28)29)15(3)20(25)23-18-11-16(21(26)30-4)10-17(12-18)22(27)31-5/h7-12,15H,1-6H3,(H,23,25)/t15-/m1/s1. The van der Waals surface area contributed by atoms with E-state index < -0.39 is 33.9 Å². The predicted molar refractivity (Wildman–Crippen MR) is 120 cm³/mol. The minimum absolute atomic E-state index is 0.0210. The van der Waals surface area contributed by atoms with Crippen LogP contribution in [-0.2, 0) is 24.3 Å². The van der Waals surface area contributed by atoms with Crippen molar-refractivity contribution in [3.05, 3.63) is 58.7 Å². The Balaban J connectivity index is 2.45. The van der Waals surface area contributed by atoms with Gasteiger partial charge in [-0.2, -0.15) is 0 Å². The first-order valence-corrected chi connectivity index (χ1v) is 11.4. The van der Waals surface area contributed by atoms with Gasteiger partial charge in [0.1, 0.15) is 6.04 Å². The lowest BCUT2D eigenvalue weighted by Gasteiger charge is -2.29. The van der Waals surface area contributed by atoms with Crippen LogP contribution in [0, 0.1) is 13.8 Å². The van der Waals surface area contributed by atoms with Gasteiger partial charge in [-0.1, -0.05) is 6.07 Å². The zero-order chi connectivity index (χ0) is 24.2. The number of hydrogen-bond acceptors (Lipinski definition) is 7. The summed E-state index contributed by atoms with van der Waals surface area (Å²) < 4.78 is 35.5. The molecule has 0 saturated carbocycles. The molecular formula is C22H26N2O7S. The summed E-state index contributed by atoms with van der Waals surface area (Å²) in [5.41, 5.74) is 2.19. The van der Waals surface area contributed by atoms with E-state index >= 15 is 0 Å². The number of rotatable bonds is 7. The van der Waals surface area contributed by atoms with Gasteiger partial charge in [-0.25, -0.2) is 18.0 Å². The van der Waals surface area contributed by atoms with Gasteiger partial charge >= 0.3 is 11.9 Å². The zero-order valence-corrected chi connectivity index (χ0v) is 19.6. The Labute approximate surface area is 187 Å². The maximum atomic E-state index is 13.0. The third kappa shape index (κ3) is 5.85. The maximum absolute atomic E-state index is 13.0. The largest absolute Gasteiger partial charge is 0.465 e. The fraction of sp³-hybridized carbons (Fsp3) is 0.318. The van der Waals surface area contributed by atoms with Crippen molar-refractivity contribution in [2.24, 2.45) is 0 Å². The van der Waals surface area contributed by atoms with Crippen LogP contribution in [0.25, 0.3) is 0 Å². The molecule has 0 aromatic heterocycles. The number of benzene rings is 2. The van der Waals surface area contributed by atoms with Crippen LogP contribution in [0.4, 0.5) is 11.4 Å². The van der Waals surface area contributed by atoms with Crippen LogP contribution in [0.1, 0.15) is 38.8 Å². The lowest BCUT2D eigenvalue weighted by atomic mass is 10.1. The SMILES string of the molecule is COC(=O)c1cc(NC(=O)[C@@H](C)N(c2cc(C)cc(C)c2)S(C)(=O)=O)cc(C(=O)OC)c1. The lowest BCUT2D eigenvalue weighted by molar-refractivity contribution is -0.116. The van der Waals surface area contributed by atoms with E-state index in [1.807, 2.05) is 19.9 Å². The first-order chi connectivity index (χ1) is 14.9. The van der Waals surface area contributed by atoms with Crippen molar-refractivity contribution in [1.82, 2.24) is 0 Å². The Morgan fingerprint density at radius 3 is 1.75 bits per heavy atom. The molecule has 0 bridgehead atoms. The highest BCUT2D eigenvalue weighted by molar-refractivity contribution is 7.92.